The normalized spacial score (nSPS) is 19.9. The highest BCUT2D eigenvalue weighted by molar-refractivity contribution is 6.32. The van der Waals surface area contributed by atoms with Crippen molar-refractivity contribution in [3.63, 3.8) is 0 Å². The average Bonchev–Trinajstić information content (AvgIpc) is 2.63. The summed E-state index contributed by atoms with van der Waals surface area (Å²) in [4.78, 5) is 11.0. The van der Waals surface area contributed by atoms with Crippen molar-refractivity contribution in [2.24, 2.45) is 0 Å². The molecular formula is C20H17Cl2NO3. The molecule has 1 aliphatic rings. The van der Waals surface area contributed by atoms with Crippen LogP contribution >= 0.6 is 23.2 Å². The SMILES string of the molecule is CC1=CCC(C)([N+](=O)[O-])C(Cl)=C1Oc1ccc(-c2ccccc2)cc1Cl. The predicted molar refractivity (Wildman–Crippen MR) is 104 cm³/mol. The molecule has 0 heterocycles. The van der Waals surface area contributed by atoms with Crippen LogP contribution in [0.2, 0.25) is 5.02 Å². The van der Waals surface area contributed by atoms with Gasteiger partial charge in [0.1, 0.15) is 10.8 Å². The lowest BCUT2D eigenvalue weighted by atomic mass is 9.90. The van der Waals surface area contributed by atoms with Gasteiger partial charge in [-0.3, -0.25) is 10.1 Å². The van der Waals surface area contributed by atoms with Crippen molar-refractivity contribution in [2.45, 2.75) is 25.8 Å². The van der Waals surface area contributed by atoms with Gasteiger partial charge in [-0.05, 0) is 35.8 Å². The lowest BCUT2D eigenvalue weighted by Crippen LogP contribution is -2.38. The molecule has 2 aromatic carbocycles. The average molecular weight is 390 g/mol. The summed E-state index contributed by atoms with van der Waals surface area (Å²) < 4.78 is 5.89. The van der Waals surface area contributed by atoms with Gasteiger partial charge in [0, 0.05) is 18.3 Å². The third kappa shape index (κ3) is 3.35. The minimum atomic E-state index is -1.40. The highest BCUT2D eigenvalue weighted by atomic mass is 35.5. The second-order valence-electron chi connectivity index (χ2n) is 6.38. The second kappa shape index (κ2) is 7.14. The number of allylic oxidation sites excluding steroid dienone is 1. The molecule has 0 aromatic heterocycles. The molecule has 1 aliphatic carbocycles. The third-order valence-corrected chi connectivity index (χ3v) is 5.36. The van der Waals surface area contributed by atoms with Gasteiger partial charge in [-0.25, -0.2) is 0 Å². The largest absolute Gasteiger partial charge is 0.454 e. The number of halogens is 2. The van der Waals surface area contributed by atoms with Crippen molar-refractivity contribution in [3.8, 4) is 16.9 Å². The number of nitro groups is 1. The molecule has 0 amide bonds. The van der Waals surface area contributed by atoms with Gasteiger partial charge >= 0.3 is 0 Å². The Labute approximate surface area is 161 Å². The van der Waals surface area contributed by atoms with Crippen LogP contribution in [0.15, 0.2) is 71.0 Å². The Hall–Kier alpha value is -2.30. The second-order valence-corrected chi connectivity index (χ2v) is 7.16. The molecule has 0 saturated heterocycles. The Morgan fingerprint density at radius 1 is 1.12 bits per heavy atom. The smallest absolute Gasteiger partial charge is 0.261 e. The maximum Gasteiger partial charge on any atom is 0.261 e. The van der Waals surface area contributed by atoms with Gasteiger partial charge in [0.05, 0.1) is 5.02 Å². The summed E-state index contributed by atoms with van der Waals surface area (Å²) in [6, 6.07) is 15.3. The fourth-order valence-electron chi connectivity index (χ4n) is 2.74. The quantitative estimate of drug-likeness (QED) is 0.460. The Bertz CT molecular complexity index is 922. The van der Waals surface area contributed by atoms with E-state index in [4.69, 9.17) is 27.9 Å². The van der Waals surface area contributed by atoms with Crippen molar-refractivity contribution >= 4 is 23.2 Å². The minimum absolute atomic E-state index is 0.0747. The van der Waals surface area contributed by atoms with Crippen LogP contribution in [0.5, 0.6) is 5.75 Å². The fourth-order valence-corrected chi connectivity index (χ4v) is 3.29. The first-order valence-electron chi connectivity index (χ1n) is 8.07. The summed E-state index contributed by atoms with van der Waals surface area (Å²) in [5.41, 5.74) is 1.34. The summed E-state index contributed by atoms with van der Waals surface area (Å²) in [6.45, 7) is 3.30. The van der Waals surface area contributed by atoms with Gasteiger partial charge < -0.3 is 4.74 Å². The van der Waals surface area contributed by atoms with Crippen LogP contribution in [0.3, 0.4) is 0 Å². The van der Waals surface area contributed by atoms with Gasteiger partial charge in [0.2, 0.25) is 0 Å². The molecule has 0 N–H and O–H groups in total. The molecule has 0 spiro atoms. The van der Waals surface area contributed by atoms with E-state index in [-0.39, 0.29) is 22.1 Å². The van der Waals surface area contributed by atoms with E-state index in [9.17, 15) is 10.1 Å². The summed E-state index contributed by atoms with van der Waals surface area (Å²) in [5.74, 6) is 0.686. The number of hydrogen-bond acceptors (Lipinski definition) is 3. The molecule has 0 aliphatic heterocycles. The van der Waals surface area contributed by atoms with Crippen LogP contribution in [0.4, 0.5) is 0 Å². The number of ether oxygens (including phenoxy) is 1. The maximum absolute atomic E-state index is 11.4. The van der Waals surface area contributed by atoms with Crippen LogP contribution in [0.1, 0.15) is 20.3 Å². The molecule has 26 heavy (non-hydrogen) atoms. The van der Waals surface area contributed by atoms with Crippen molar-refractivity contribution in [2.75, 3.05) is 0 Å². The number of hydrogen-bond donors (Lipinski definition) is 0. The topological polar surface area (TPSA) is 52.4 Å². The first kappa shape index (κ1) is 18.5. The van der Waals surface area contributed by atoms with Gasteiger partial charge in [-0.2, -0.15) is 0 Å². The van der Waals surface area contributed by atoms with E-state index in [0.717, 1.165) is 16.7 Å². The Kier molecular flexibility index (Phi) is 5.08. The van der Waals surface area contributed by atoms with Crippen LogP contribution in [0, 0.1) is 10.1 Å². The van der Waals surface area contributed by atoms with Crippen LogP contribution in [0.25, 0.3) is 11.1 Å². The van der Waals surface area contributed by atoms with Crippen molar-refractivity contribution in [3.05, 3.63) is 86.1 Å². The zero-order valence-corrected chi connectivity index (χ0v) is 15.8. The monoisotopic (exact) mass is 389 g/mol. The van der Waals surface area contributed by atoms with Crippen molar-refractivity contribution < 1.29 is 9.66 Å². The van der Waals surface area contributed by atoms with Gasteiger partial charge in [-0.1, -0.05) is 65.7 Å². The minimum Gasteiger partial charge on any atom is -0.454 e. The van der Waals surface area contributed by atoms with E-state index in [1.165, 1.54) is 6.92 Å². The first-order valence-corrected chi connectivity index (χ1v) is 8.83. The van der Waals surface area contributed by atoms with Crippen LogP contribution < -0.4 is 4.74 Å². The van der Waals surface area contributed by atoms with E-state index in [1.807, 2.05) is 43.3 Å². The van der Waals surface area contributed by atoms with Crippen LogP contribution in [-0.4, -0.2) is 10.5 Å². The molecule has 4 nitrogen and oxygen atoms in total. The van der Waals surface area contributed by atoms with Gasteiger partial charge in [0.15, 0.2) is 5.76 Å². The van der Waals surface area contributed by atoms with E-state index in [2.05, 4.69) is 0 Å². The number of benzene rings is 2. The molecule has 0 fully saturated rings. The zero-order chi connectivity index (χ0) is 18.9. The summed E-state index contributed by atoms with van der Waals surface area (Å²) in [6.07, 6.45) is 1.98. The van der Waals surface area contributed by atoms with Gasteiger partial charge in [-0.15, -0.1) is 0 Å². The molecule has 1 atom stereocenters. The molecule has 134 valence electrons. The van der Waals surface area contributed by atoms with E-state index in [1.54, 1.807) is 18.2 Å². The van der Waals surface area contributed by atoms with E-state index >= 15 is 0 Å². The maximum atomic E-state index is 11.4. The highest BCUT2D eigenvalue weighted by Crippen LogP contribution is 2.40. The summed E-state index contributed by atoms with van der Waals surface area (Å²) >= 11 is 12.7. The predicted octanol–water partition coefficient (Wildman–Crippen LogP) is 6.22. The number of rotatable bonds is 4. The molecule has 6 heteroatoms. The molecule has 0 saturated carbocycles. The highest BCUT2D eigenvalue weighted by Gasteiger charge is 2.45. The molecule has 2 aromatic rings. The lowest BCUT2D eigenvalue weighted by Gasteiger charge is -2.26. The van der Waals surface area contributed by atoms with E-state index < -0.39 is 5.54 Å². The zero-order valence-electron chi connectivity index (χ0n) is 14.3. The molecular weight excluding hydrogens is 373 g/mol. The number of nitrogens with zero attached hydrogens (tertiary/aromatic N) is 1. The summed E-state index contributed by atoms with van der Waals surface area (Å²) in [7, 11) is 0. The van der Waals surface area contributed by atoms with Crippen molar-refractivity contribution in [1.82, 2.24) is 0 Å². The third-order valence-electron chi connectivity index (χ3n) is 4.49. The lowest BCUT2D eigenvalue weighted by molar-refractivity contribution is -0.551. The standard InChI is InChI=1S/C20H17Cl2NO3/c1-13-10-11-20(2,23(24)25)19(22)18(13)26-17-9-8-15(12-16(17)21)14-6-4-3-5-7-14/h3-10,12H,11H2,1-2H3. The summed E-state index contributed by atoms with van der Waals surface area (Å²) in [5, 5.41) is 11.9. The van der Waals surface area contributed by atoms with Crippen molar-refractivity contribution in [1.29, 1.82) is 0 Å². The van der Waals surface area contributed by atoms with Crippen LogP contribution in [-0.2, 0) is 0 Å². The Balaban J connectivity index is 1.95. The van der Waals surface area contributed by atoms with E-state index in [0.29, 0.717) is 10.8 Å². The fraction of sp³-hybridized carbons (Fsp3) is 0.200. The first-order chi connectivity index (χ1) is 12.3. The molecule has 3 rings (SSSR count). The molecule has 0 radical (unpaired) electrons. The molecule has 0 bridgehead atoms. The Morgan fingerprint density at radius 3 is 2.42 bits per heavy atom. The van der Waals surface area contributed by atoms with Gasteiger partial charge in [0.25, 0.3) is 5.54 Å². The molecule has 1 unspecified atom stereocenters. The Morgan fingerprint density at radius 2 is 1.81 bits per heavy atom.